The fourth-order valence-electron chi connectivity index (χ4n) is 2.40. The molecule has 2 heterocycles. The largest absolute Gasteiger partial charge is 0.454 e. The highest BCUT2D eigenvalue weighted by Crippen LogP contribution is 2.35. The summed E-state index contributed by atoms with van der Waals surface area (Å²) < 4.78 is 21.9. The van der Waals surface area contributed by atoms with Crippen LogP contribution in [-0.2, 0) is 11.3 Å². The average Bonchev–Trinajstić information content (AvgIpc) is 3.12. The zero-order valence-electron chi connectivity index (χ0n) is 11.9. The summed E-state index contributed by atoms with van der Waals surface area (Å²) in [6.07, 6.45) is 0. The van der Waals surface area contributed by atoms with Crippen molar-refractivity contribution in [2.75, 3.05) is 6.79 Å². The molecule has 0 radical (unpaired) electrons. The van der Waals surface area contributed by atoms with Crippen LogP contribution in [0, 0.1) is 0 Å². The highest BCUT2D eigenvalue weighted by Gasteiger charge is 2.17. The minimum atomic E-state index is -0.603. The van der Waals surface area contributed by atoms with E-state index in [4.69, 9.17) is 18.6 Å². The Morgan fingerprint density at radius 3 is 2.87 bits per heavy atom. The van der Waals surface area contributed by atoms with E-state index in [1.165, 1.54) is 4.57 Å². The molecule has 0 amide bonds. The Hall–Kier alpha value is -3.22. The second-order valence-electron chi connectivity index (χ2n) is 4.91. The van der Waals surface area contributed by atoms with Gasteiger partial charge in [0.2, 0.25) is 6.79 Å². The Bertz CT molecular complexity index is 955. The van der Waals surface area contributed by atoms with Crippen molar-refractivity contribution in [2.24, 2.45) is 0 Å². The molecule has 1 aliphatic rings. The standard InChI is InChI=1S/C16H11NO6/c18-15(22-10-5-6-13-14(7-10)21-9-20-13)8-17-11-3-1-2-4-12(11)23-16(17)19/h1-7H,8-9H2. The molecule has 2 aromatic carbocycles. The van der Waals surface area contributed by atoms with Crippen molar-refractivity contribution < 1.29 is 23.4 Å². The fourth-order valence-corrected chi connectivity index (χ4v) is 2.40. The van der Waals surface area contributed by atoms with Crippen LogP contribution in [0.4, 0.5) is 0 Å². The van der Waals surface area contributed by atoms with E-state index < -0.39 is 11.7 Å². The van der Waals surface area contributed by atoms with E-state index in [-0.39, 0.29) is 13.3 Å². The number of oxazole rings is 1. The van der Waals surface area contributed by atoms with Crippen LogP contribution in [0.15, 0.2) is 51.7 Å². The first kappa shape index (κ1) is 13.4. The lowest BCUT2D eigenvalue weighted by atomic mass is 10.3. The number of hydrogen-bond acceptors (Lipinski definition) is 6. The van der Waals surface area contributed by atoms with Crippen LogP contribution in [0.25, 0.3) is 11.1 Å². The smallest absolute Gasteiger partial charge is 0.420 e. The Kier molecular flexibility index (Phi) is 3.04. The van der Waals surface area contributed by atoms with Crippen LogP contribution in [0.3, 0.4) is 0 Å². The predicted octanol–water partition coefficient (Wildman–Crippen LogP) is 1.93. The summed E-state index contributed by atoms with van der Waals surface area (Å²) in [6, 6.07) is 11.7. The Labute approximate surface area is 129 Å². The first-order valence-corrected chi connectivity index (χ1v) is 6.89. The van der Waals surface area contributed by atoms with E-state index in [1.54, 1.807) is 42.5 Å². The lowest BCUT2D eigenvalue weighted by Crippen LogP contribution is -2.23. The summed E-state index contributed by atoms with van der Waals surface area (Å²) in [5.41, 5.74) is 0.966. The molecule has 1 aliphatic heterocycles. The monoisotopic (exact) mass is 313 g/mol. The quantitative estimate of drug-likeness (QED) is 0.543. The maximum absolute atomic E-state index is 12.1. The molecule has 7 nitrogen and oxygen atoms in total. The molecule has 4 rings (SSSR count). The van der Waals surface area contributed by atoms with Crippen molar-refractivity contribution >= 4 is 17.1 Å². The van der Waals surface area contributed by atoms with Crippen molar-refractivity contribution in [3.8, 4) is 17.2 Å². The van der Waals surface area contributed by atoms with Gasteiger partial charge in [0.25, 0.3) is 0 Å². The lowest BCUT2D eigenvalue weighted by Gasteiger charge is -2.05. The number of fused-ring (bicyclic) bond motifs is 2. The van der Waals surface area contributed by atoms with Gasteiger partial charge in [-0.15, -0.1) is 0 Å². The molecule has 0 bridgehead atoms. The highest BCUT2D eigenvalue weighted by atomic mass is 16.7. The topological polar surface area (TPSA) is 79.9 Å². The normalized spacial score (nSPS) is 12.5. The van der Waals surface area contributed by atoms with Gasteiger partial charge in [-0.05, 0) is 24.3 Å². The molecule has 23 heavy (non-hydrogen) atoms. The minimum Gasteiger partial charge on any atom is -0.454 e. The van der Waals surface area contributed by atoms with Gasteiger partial charge >= 0.3 is 11.7 Å². The molecule has 0 atom stereocenters. The molecule has 1 aromatic heterocycles. The fraction of sp³-hybridized carbons (Fsp3) is 0.125. The third-order valence-corrected chi connectivity index (χ3v) is 3.44. The maximum atomic E-state index is 12.1. The number of aromatic nitrogens is 1. The molecule has 0 spiro atoms. The second kappa shape index (κ2) is 5.20. The molecule has 0 aliphatic carbocycles. The van der Waals surface area contributed by atoms with Crippen molar-refractivity contribution in [3.05, 3.63) is 53.0 Å². The second-order valence-corrected chi connectivity index (χ2v) is 4.91. The molecule has 0 unspecified atom stereocenters. The van der Waals surface area contributed by atoms with E-state index in [9.17, 15) is 9.59 Å². The molecule has 0 saturated carbocycles. The highest BCUT2D eigenvalue weighted by molar-refractivity contribution is 5.77. The SMILES string of the molecule is O=C(Cn1c(=O)oc2ccccc21)Oc1ccc2c(c1)OCO2. The van der Waals surface area contributed by atoms with E-state index in [0.717, 1.165) is 0 Å². The number of carbonyl (C=O) groups excluding carboxylic acids is 1. The molecule has 7 heteroatoms. The van der Waals surface area contributed by atoms with E-state index in [1.807, 2.05) is 0 Å². The molecule has 0 N–H and O–H groups in total. The summed E-state index contributed by atoms with van der Waals surface area (Å²) in [7, 11) is 0. The number of nitrogens with zero attached hydrogens (tertiary/aromatic N) is 1. The van der Waals surface area contributed by atoms with E-state index >= 15 is 0 Å². The number of para-hydroxylation sites is 2. The van der Waals surface area contributed by atoms with Gasteiger partial charge in [-0.2, -0.15) is 0 Å². The third kappa shape index (κ3) is 2.42. The number of ether oxygens (including phenoxy) is 3. The van der Waals surface area contributed by atoms with Crippen LogP contribution in [0.2, 0.25) is 0 Å². The molecule has 0 saturated heterocycles. The van der Waals surface area contributed by atoms with Crippen LogP contribution >= 0.6 is 0 Å². The number of benzene rings is 2. The average molecular weight is 313 g/mol. The molecule has 0 fully saturated rings. The van der Waals surface area contributed by atoms with E-state index in [0.29, 0.717) is 28.3 Å². The van der Waals surface area contributed by atoms with Crippen molar-refractivity contribution in [1.29, 1.82) is 0 Å². The van der Waals surface area contributed by atoms with Crippen LogP contribution in [0.1, 0.15) is 0 Å². The molecule has 116 valence electrons. The van der Waals surface area contributed by atoms with Gasteiger partial charge in [-0.3, -0.25) is 4.57 Å². The molecule has 3 aromatic rings. The summed E-state index contributed by atoms with van der Waals surface area (Å²) in [4.78, 5) is 23.9. The number of carbonyl (C=O) groups is 1. The summed E-state index contributed by atoms with van der Waals surface area (Å²) in [5, 5.41) is 0. The molecular formula is C16H11NO6. The van der Waals surface area contributed by atoms with Gasteiger partial charge in [-0.1, -0.05) is 12.1 Å². The number of rotatable bonds is 3. The van der Waals surface area contributed by atoms with Crippen molar-refractivity contribution in [1.82, 2.24) is 4.57 Å². The summed E-state index contributed by atoms with van der Waals surface area (Å²) in [5.74, 6) is 0.245. The molecular weight excluding hydrogens is 302 g/mol. The lowest BCUT2D eigenvalue weighted by molar-refractivity contribution is -0.135. The Morgan fingerprint density at radius 1 is 1.13 bits per heavy atom. The third-order valence-electron chi connectivity index (χ3n) is 3.44. The van der Waals surface area contributed by atoms with Crippen LogP contribution in [0.5, 0.6) is 17.2 Å². The van der Waals surface area contributed by atoms with Crippen molar-refractivity contribution in [2.45, 2.75) is 6.54 Å². The van der Waals surface area contributed by atoms with Gasteiger partial charge in [-0.25, -0.2) is 9.59 Å². The van der Waals surface area contributed by atoms with E-state index in [2.05, 4.69) is 0 Å². The zero-order chi connectivity index (χ0) is 15.8. The van der Waals surface area contributed by atoms with Gasteiger partial charge < -0.3 is 18.6 Å². The first-order valence-electron chi connectivity index (χ1n) is 6.89. The first-order chi connectivity index (χ1) is 11.2. The van der Waals surface area contributed by atoms with Crippen molar-refractivity contribution in [3.63, 3.8) is 0 Å². The number of esters is 1. The van der Waals surface area contributed by atoms with Gasteiger partial charge in [0.05, 0.1) is 5.52 Å². The maximum Gasteiger partial charge on any atom is 0.420 e. The predicted molar refractivity (Wildman–Crippen MR) is 78.7 cm³/mol. The minimum absolute atomic E-state index is 0.142. The summed E-state index contributed by atoms with van der Waals surface area (Å²) >= 11 is 0. The van der Waals surface area contributed by atoms with Crippen LogP contribution < -0.4 is 20.0 Å². The van der Waals surface area contributed by atoms with Gasteiger partial charge in [0.1, 0.15) is 12.3 Å². The van der Waals surface area contributed by atoms with Gasteiger partial charge in [0, 0.05) is 6.07 Å². The van der Waals surface area contributed by atoms with Crippen LogP contribution in [-0.4, -0.2) is 17.3 Å². The number of hydrogen-bond donors (Lipinski definition) is 0. The Morgan fingerprint density at radius 2 is 1.96 bits per heavy atom. The zero-order valence-corrected chi connectivity index (χ0v) is 11.9. The Balaban J connectivity index is 1.56. The van der Waals surface area contributed by atoms with Gasteiger partial charge in [0.15, 0.2) is 17.1 Å². The summed E-state index contributed by atoms with van der Waals surface area (Å²) in [6.45, 7) is -0.104.